The lowest BCUT2D eigenvalue weighted by Crippen LogP contribution is -2.13. The molecule has 1 saturated carbocycles. The molecule has 0 aromatic heterocycles. The minimum atomic E-state index is 0.696. The molecule has 0 aromatic rings. The van der Waals surface area contributed by atoms with Gasteiger partial charge in [-0.3, -0.25) is 0 Å². The molecule has 14 heavy (non-hydrogen) atoms. The normalized spacial score (nSPS) is 20.1. The van der Waals surface area contributed by atoms with E-state index in [-0.39, 0.29) is 0 Å². The van der Waals surface area contributed by atoms with Gasteiger partial charge in [-0.05, 0) is 56.9 Å². The van der Waals surface area contributed by atoms with Crippen LogP contribution < -0.4 is 5.73 Å². The summed E-state index contributed by atoms with van der Waals surface area (Å²) in [7, 11) is 0. The third-order valence-electron chi connectivity index (χ3n) is 3.30. The lowest BCUT2D eigenvalue weighted by molar-refractivity contribution is 0.402. The molecule has 1 aliphatic carbocycles. The van der Waals surface area contributed by atoms with Crippen molar-refractivity contribution in [2.45, 2.75) is 52.4 Å². The van der Waals surface area contributed by atoms with Gasteiger partial charge in [0.25, 0.3) is 0 Å². The third kappa shape index (κ3) is 4.28. The highest BCUT2D eigenvalue weighted by molar-refractivity contribution is 5.08. The second kappa shape index (κ2) is 6.23. The van der Waals surface area contributed by atoms with Crippen LogP contribution in [-0.2, 0) is 0 Å². The molecule has 2 atom stereocenters. The predicted octanol–water partition coefficient (Wildman–Crippen LogP) is 3.50. The zero-order valence-electron chi connectivity index (χ0n) is 9.76. The summed E-state index contributed by atoms with van der Waals surface area (Å²) in [5, 5.41) is 0. The van der Waals surface area contributed by atoms with Gasteiger partial charge in [0.05, 0.1) is 0 Å². The maximum absolute atomic E-state index is 5.62. The highest BCUT2D eigenvalue weighted by Crippen LogP contribution is 2.26. The van der Waals surface area contributed by atoms with Crippen molar-refractivity contribution in [1.29, 1.82) is 0 Å². The molecule has 2 unspecified atom stereocenters. The minimum Gasteiger partial charge on any atom is -0.330 e. The van der Waals surface area contributed by atoms with Gasteiger partial charge in [-0.1, -0.05) is 25.5 Å². The number of hydrogen-bond acceptors (Lipinski definition) is 1. The zero-order chi connectivity index (χ0) is 10.4. The predicted molar refractivity (Wildman–Crippen MR) is 63.2 cm³/mol. The van der Waals surface area contributed by atoms with Crippen molar-refractivity contribution in [3.05, 3.63) is 11.6 Å². The van der Waals surface area contributed by atoms with Crippen molar-refractivity contribution in [2.24, 2.45) is 17.6 Å². The van der Waals surface area contributed by atoms with Gasteiger partial charge >= 0.3 is 0 Å². The quantitative estimate of drug-likeness (QED) is 0.645. The molecular formula is C13H25N. The van der Waals surface area contributed by atoms with Gasteiger partial charge in [0.2, 0.25) is 0 Å². The Balaban J connectivity index is 2.05. The Morgan fingerprint density at radius 2 is 2.00 bits per heavy atom. The van der Waals surface area contributed by atoms with Gasteiger partial charge < -0.3 is 5.73 Å². The molecular weight excluding hydrogens is 170 g/mol. The number of allylic oxidation sites excluding steroid dienone is 2. The number of hydrogen-bond donors (Lipinski definition) is 1. The van der Waals surface area contributed by atoms with Gasteiger partial charge in [-0.25, -0.2) is 0 Å². The highest BCUT2D eigenvalue weighted by atomic mass is 14.5. The summed E-state index contributed by atoms with van der Waals surface area (Å²) < 4.78 is 0. The van der Waals surface area contributed by atoms with Crippen LogP contribution in [0.2, 0.25) is 0 Å². The van der Waals surface area contributed by atoms with E-state index in [2.05, 4.69) is 19.9 Å². The number of rotatable bonds is 6. The van der Waals surface area contributed by atoms with Crippen molar-refractivity contribution in [3.63, 3.8) is 0 Å². The van der Waals surface area contributed by atoms with E-state index in [1.807, 2.05) is 0 Å². The molecule has 0 radical (unpaired) electrons. The van der Waals surface area contributed by atoms with E-state index >= 15 is 0 Å². The second-order valence-electron chi connectivity index (χ2n) is 4.98. The van der Waals surface area contributed by atoms with E-state index in [1.54, 1.807) is 5.57 Å². The molecule has 1 rings (SSSR count). The van der Waals surface area contributed by atoms with Crippen molar-refractivity contribution in [1.82, 2.24) is 0 Å². The minimum absolute atomic E-state index is 0.696. The average molecular weight is 195 g/mol. The molecule has 0 spiro atoms. The lowest BCUT2D eigenvalue weighted by Gasteiger charge is -2.18. The van der Waals surface area contributed by atoms with Crippen LogP contribution >= 0.6 is 0 Å². The molecule has 1 aliphatic rings. The second-order valence-corrected chi connectivity index (χ2v) is 4.98. The summed E-state index contributed by atoms with van der Waals surface area (Å²) >= 11 is 0. The fraction of sp³-hybridized carbons (Fsp3) is 0.846. The van der Waals surface area contributed by atoms with Gasteiger partial charge in [0.15, 0.2) is 0 Å². The molecule has 1 fully saturated rings. The van der Waals surface area contributed by atoms with E-state index in [9.17, 15) is 0 Å². The molecule has 2 N–H and O–H groups in total. The highest BCUT2D eigenvalue weighted by Gasteiger charge is 2.09. The Hall–Kier alpha value is -0.300. The maximum atomic E-state index is 5.62. The first-order valence-electron chi connectivity index (χ1n) is 6.10. The summed E-state index contributed by atoms with van der Waals surface area (Å²) in [6, 6.07) is 0. The smallest absolute Gasteiger partial charge is 0.00514 e. The van der Waals surface area contributed by atoms with Crippen LogP contribution in [0.25, 0.3) is 0 Å². The lowest BCUT2D eigenvalue weighted by atomic mass is 9.89. The Kier molecular flexibility index (Phi) is 5.24. The van der Waals surface area contributed by atoms with E-state index in [4.69, 9.17) is 5.73 Å². The Morgan fingerprint density at radius 1 is 1.29 bits per heavy atom. The zero-order valence-corrected chi connectivity index (χ0v) is 9.76. The van der Waals surface area contributed by atoms with Gasteiger partial charge in [0, 0.05) is 0 Å². The van der Waals surface area contributed by atoms with Crippen LogP contribution in [0.1, 0.15) is 52.4 Å². The molecule has 0 bridgehead atoms. The Morgan fingerprint density at radius 3 is 2.50 bits per heavy atom. The third-order valence-corrected chi connectivity index (χ3v) is 3.30. The first-order valence-corrected chi connectivity index (χ1v) is 6.10. The van der Waals surface area contributed by atoms with Crippen molar-refractivity contribution in [3.8, 4) is 0 Å². The largest absolute Gasteiger partial charge is 0.330 e. The van der Waals surface area contributed by atoms with Crippen molar-refractivity contribution >= 4 is 0 Å². The molecule has 0 amide bonds. The first-order chi connectivity index (χ1) is 6.72. The average Bonchev–Trinajstić information content (AvgIpc) is 2.09. The number of nitrogens with two attached hydrogens (primary N) is 1. The van der Waals surface area contributed by atoms with E-state index in [0.717, 1.165) is 12.5 Å². The van der Waals surface area contributed by atoms with E-state index in [0.29, 0.717) is 5.92 Å². The van der Waals surface area contributed by atoms with Crippen molar-refractivity contribution in [2.75, 3.05) is 6.54 Å². The van der Waals surface area contributed by atoms with Gasteiger partial charge in [-0.2, -0.15) is 0 Å². The summed E-state index contributed by atoms with van der Waals surface area (Å²) in [4.78, 5) is 0. The van der Waals surface area contributed by atoms with Gasteiger partial charge in [0.1, 0.15) is 0 Å². The van der Waals surface area contributed by atoms with E-state index < -0.39 is 0 Å². The Bertz CT molecular complexity index is 178. The standard InChI is InChI=1S/C13H25N/c1-11(9-12(2)10-14)5-3-6-13-7-4-8-13/h6,11-12H,3-5,7-10,14H2,1-2H3. The summed E-state index contributed by atoms with van der Waals surface area (Å²) in [6.45, 7) is 5.44. The molecule has 0 saturated heterocycles. The molecule has 0 aromatic carbocycles. The maximum Gasteiger partial charge on any atom is -0.00514 e. The first kappa shape index (κ1) is 11.8. The van der Waals surface area contributed by atoms with Crippen LogP contribution in [-0.4, -0.2) is 6.54 Å². The SMILES string of the molecule is CC(CN)CC(C)CCC=C1CCC1. The molecule has 82 valence electrons. The van der Waals surface area contributed by atoms with Gasteiger partial charge in [-0.15, -0.1) is 0 Å². The molecule has 0 heterocycles. The molecule has 1 nitrogen and oxygen atoms in total. The Labute approximate surface area is 88.8 Å². The summed E-state index contributed by atoms with van der Waals surface area (Å²) in [5.41, 5.74) is 7.31. The van der Waals surface area contributed by atoms with Crippen LogP contribution in [0.3, 0.4) is 0 Å². The van der Waals surface area contributed by atoms with Crippen LogP contribution in [0.5, 0.6) is 0 Å². The van der Waals surface area contributed by atoms with Crippen LogP contribution in [0, 0.1) is 11.8 Å². The molecule has 0 aliphatic heterocycles. The van der Waals surface area contributed by atoms with Crippen molar-refractivity contribution < 1.29 is 0 Å². The van der Waals surface area contributed by atoms with Crippen LogP contribution in [0.15, 0.2) is 11.6 Å². The fourth-order valence-corrected chi connectivity index (χ4v) is 2.06. The van der Waals surface area contributed by atoms with Crippen LogP contribution in [0.4, 0.5) is 0 Å². The molecule has 1 heteroatoms. The summed E-state index contributed by atoms with van der Waals surface area (Å²) in [6.07, 6.45) is 10.5. The topological polar surface area (TPSA) is 26.0 Å². The monoisotopic (exact) mass is 195 g/mol. The fourth-order valence-electron chi connectivity index (χ4n) is 2.06. The van der Waals surface area contributed by atoms with E-state index in [1.165, 1.54) is 38.5 Å². The summed E-state index contributed by atoms with van der Waals surface area (Å²) in [5.74, 6) is 1.53.